The second-order valence-electron chi connectivity index (χ2n) is 6.88. The molecule has 0 radical (unpaired) electrons. The number of carbonyl (C=O) groups is 2. The zero-order valence-corrected chi connectivity index (χ0v) is 15.3. The molecule has 0 aliphatic carbocycles. The first-order chi connectivity index (χ1) is 13.4. The number of aromatic nitrogens is 2. The van der Waals surface area contributed by atoms with Crippen LogP contribution in [0.3, 0.4) is 0 Å². The Morgan fingerprint density at radius 2 is 2.11 bits per heavy atom. The zero-order valence-electron chi connectivity index (χ0n) is 15.3. The number of rotatable bonds is 4. The fraction of sp³-hybridized carbons (Fsp3) is 0.500. The summed E-state index contributed by atoms with van der Waals surface area (Å²) in [6.45, 7) is -0.00538. The van der Waals surface area contributed by atoms with Gasteiger partial charge < -0.3 is 19.6 Å². The Morgan fingerprint density at radius 3 is 2.68 bits per heavy atom. The van der Waals surface area contributed by atoms with E-state index in [0.717, 1.165) is 32.5 Å². The van der Waals surface area contributed by atoms with Crippen molar-refractivity contribution in [3.63, 3.8) is 0 Å². The fourth-order valence-corrected chi connectivity index (χ4v) is 4.03. The van der Waals surface area contributed by atoms with E-state index in [1.807, 2.05) is 7.05 Å². The Labute approximate surface area is 160 Å². The minimum atomic E-state index is -2.88. The third-order valence-corrected chi connectivity index (χ3v) is 5.40. The van der Waals surface area contributed by atoms with Gasteiger partial charge in [-0.1, -0.05) is 0 Å². The van der Waals surface area contributed by atoms with Crippen LogP contribution in [0.4, 0.5) is 8.78 Å². The molecule has 1 amide bonds. The number of amides is 1. The Kier molecular flexibility index (Phi) is 6.08. The van der Waals surface area contributed by atoms with Gasteiger partial charge in [0, 0.05) is 31.1 Å². The highest BCUT2D eigenvalue weighted by molar-refractivity contribution is 6.04. The van der Waals surface area contributed by atoms with Crippen LogP contribution >= 0.6 is 0 Å². The summed E-state index contributed by atoms with van der Waals surface area (Å²) in [5.41, 5.74) is 0.821. The van der Waals surface area contributed by atoms with E-state index in [1.54, 1.807) is 11.0 Å². The van der Waals surface area contributed by atoms with Crippen molar-refractivity contribution in [2.24, 2.45) is 5.92 Å². The average Bonchev–Trinajstić information content (AvgIpc) is 3.11. The molecule has 1 unspecified atom stereocenters. The van der Waals surface area contributed by atoms with Crippen LogP contribution in [-0.4, -0.2) is 76.8 Å². The van der Waals surface area contributed by atoms with Crippen LogP contribution in [0.15, 0.2) is 18.2 Å². The van der Waals surface area contributed by atoms with Crippen LogP contribution in [-0.2, 0) is 4.79 Å². The lowest BCUT2D eigenvalue weighted by atomic mass is 9.83. The van der Waals surface area contributed by atoms with E-state index in [9.17, 15) is 13.6 Å². The minimum Gasteiger partial charge on any atom is -0.483 e. The number of ether oxygens (including phenoxy) is 1. The first-order valence-electron chi connectivity index (χ1n) is 8.95. The number of alkyl halides is 2. The lowest BCUT2D eigenvalue weighted by molar-refractivity contribution is -0.122. The van der Waals surface area contributed by atoms with Crippen molar-refractivity contribution in [2.45, 2.75) is 25.5 Å². The first-order valence-corrected chi connectivity index (χ1v) is 8.95. The maximum atomic E-state index is 12.9. The Balaban J connectivity index is 0.000000706. The third-order valence-electron chi connectivity index (χ3n) is 5.40. The molecule has 0 spiro atoms. The molecule has 3 aliphatic heterocycles. The second-order valence-corrected chi connectivity index (χ2v) is 6.88. The van der Waals surface area contributed by atoms with E-state index in [-0.39, 0.29) is 24.2 Å². The highest BCUT2D eigenvalue weighted by atomic mass is 19.3. The van der Waals surface area contributed by atoms with Gasteiger partial charge in [0.05, 0.1) is 5.52 Å². The number of halogens is 2. The topological polar surface area (TPSA) is 98.8 Å². The lowest BCUT2D eigenvalue weighted by Gasteiger charge is -2.47. The Morgan fingerprint density at radius 1 is 1.43 bits per heavy atom. The number of benzene rings is 1. The van der Waals surface area contributed by atoms with E-state index in [0.29, 0.717) is 22.5 Å². The highest BCUT2D eigenvalue weighted by Crippen LogP contribution is 2.31. The van der Waals surface area contributed by atoms with Crippen molar-refractivity contribution >= 4 is 23.3 Å². The van der Waals surface area contributed by atoms with Crippen LogP contribution in [0.1, 0.15) is 23.3 Å². The van der Waals surface area contributed by atoms with Crippen molar-refractivity contribution in [3.8, 4) is 5.75 Å². The smallest absolute Gasteiger partial charge is 0.387 e. The van der Waals surface area contributed by atoms with Crippen molar-refractivity contribution in [2.75, 3.05) is 26.7 Å². The molecule has 1 atom stereocenters. The predicted molar refractivity (Wildman–Crippen MR) is 96.5 cm³/mol. The third kappa shape index (κ3) is 4.06. The van der Waals surface area contributed by atoms with Crippen molar-refractivity contribution in [1.29, 1.82) is 0 Å². The molecule has 4 heterocycles. The van der Waals surface area contributed by atoms with Gasteiger partial charge in [0.1, 0.15) is 5.75 Å². The number of nitrogens with one attached hydrogen (secondary N) is 1. The summed E-state index contributed by atoms with van der Waals surface area (Å²) in [6, 6.07) is 4.64. The van der Waals surface area contributed by atoms with Crippen LogP contribution in [0.25, 0.3) is 10.9 Å². The molecule has 28 heavy (non-hydrogen) atoms. The molecule has 0 saturated carbocycles. The van der Waals surface area contributed by atoms with Gasteiger partial charge in [0.15, 0.2) is 5.69 Å². The normalized spacial score (nSPS) is 23.2. The van der Waals surface area contributed by atoms with Crippen molar-refractivity contribution in [3.05, 3.63) is 23.9 Å². The minimum absolute atomic E-state index is 0.0379. The van der Waals surface area contributed by atoms with Gasteiger partial charge in [-0.2, -0.15) is 13.9 Å². The number of piperidine rings is 3. The van der Waals surface area contributed by atoms with Gasteiger partial charge in [0.25, 0.3) is 12.4 Å². The summed E-state index contributed by atoms with van der Waals surface area (Å²) in [7, 11) is 1.82. The number of fused-ring (bicyclic) bond motifs is 4. The molecule has 1 aromatic heterocycles. The maximum absolute atomic E-state index is 12.9. The SMILES string of the molecule is CN(C(=O)c1n[nH]c2cc(OC(F)F)ccc12)C1CN2CCC1CC2.O=CO. The van der Waals surface area contributed by atoms with Crippen LogP contribution < -0.4 is 4.74 Å². The van der Waals surface area contributed by atoms with Gasteiger partial charge in [-0.3, -0.25) is 14.7 Å². The molecule has 3 aliphatic rings. The monoisotopic (exact) mass is 396 g/mol. The van der Waals surface area contributed by atoms with Gasteiger partial charge in [-0.05, 0) is 44.0 Å². The summed E-state index contributed by atoms with van der Waals surface area (Å²) in [6.07, 6.45) is 2.25. The molecule has 1 aromatic carbocycles. The Hall–Kier alpha value is -2.75. The van der Waals surface area contributed by atoms with E-state index in [2.05, 4.69) is 19.8 Å². The largest absolute Gasteiger partial charge is 0.483 e. The van der Waals surface area contributed by atoms with Crippen LogP contribution in [0.2, 0.25) is 0 Å². The molecular weight excluding hydrogens is 374 g/mol. The summed E-state index contributed by atoms with van der Waals surface area (Å²) >= 11 is 0. The molecule has 10 heteroatoms. The second kappa shape index (κ2) is 8.51. The number of carboxylic acid groups (broad SMARTS) is 1. The Bertz CT molecular complexity index is 836. The standard InChI is InChI=1S/C17H20F2N4O2.CH2O2/c1-22(14-9-23-6-4-10(14)5-7-23)16(24)15-12-3-2-11(25-17(18)19)8-13(12)20-21-15;2-1-3/h2-3,8,10,14,17H,4-7,9H2,1H3,(H,20,21);1H,(H,2,3). The fourth-order valence-electron chi connectivity index (χ4n) is 4.03. The quantitative estimate of drug-likeness (QED) is 0.768. The van der Waals surface area contributed by atoms with Crippen molar-refractivity contribution < 1.29 is 28.2 Å². The molecule has 5 rings (SSSR count). The number of hydrogen-bond acceptors (Lipinski definition) is 5. The number of likely N-dealkylation sites (N-methyl/N-ethyl adjacent to an activating group) is 1. The van der Waals surface area contributed by atoms with Gasteiger partial charge >= 0.3 is 6.61 Å². The predicted octanol–water partition coefficient (Wildman–Crippen LogP) is 2.03. The average molecular weight is 396 g/mol. The molecular formula is C18H22F2N4O4. The number of carbonyl (C=O) groups excluding carboxylic acids is 1. The van der Waals surface area contributed by atoms with E-state index >= 15 is 0 Å². The number of nitrogens with zero attached hydrogens (tertiary/aromatic N) is 3. The molecule has 3 saturated heterocycles. The van der Waals surface area contributed by atoms with E-state index in [4.69, 9.17) is 9.90 Å². The van der Waals surface area contributed by atoms with E-state index in [1.165, 1.54) is 12.1 Å². The summed E-state index contributed by atoms with van der Waals surface area (Å²) in [5, 5.41) is 14.4. The lowest BCUT2D eigenvalue weighted by Crippen LogP contribution is -2.57. The zero-order chi connectivity index (χ0) is 20.3. The van der Waals surface area contributed by atoms with Gasteiger partial charge in [-0.15, -0.1) is 0 Å². The highest BCUT2D eigenvalue weighted by Gasteiger charge is 2.38. The number of hydrogen-bond donors (Lipinski definition) is 2. The first kappa shape index (κ1) is 20.0. The molecule has 2 bridgehead atoms. The number of H-pyrrole nitrogens is 1. The molecule has 152 valence electrons. The van der Waals surface area contributed by atoms with E-state index < -0.39 is 6.61 Å². The van der Waals surface area contributed by atoms with Crippen LogP contribution in [0, 0.1) is 5.92 Å². The maximum Gasteiger partial charge on any atom is 0.387 e. The molecule has 3 fully saturated rings. The molecule has 2 aromatic rings. The molecule has 2 N–H and O–H groups in total. The molecule has 8 nitrogen and oxygen atoms in total. The summed E-state index contributed by atoms with van der Waals surface area (Å²) in [5.74, 6) is 0.429. The van der Waals surface area contributed by atoms with Crippen LogP contribution in [0.5, 0.6) is 5.75 Å². The van der Waals surface area contributed by atoms with Crippen molar-refractivity contribution in [1.82, 2.24) is 20.0 Å². The summed E-state index contributed by atoms with van der Waals surface area (Å²) in [4.78, 5) is 25.5. The van der Waals surface area contributed by atoms with Gasteiger partial charge in [0.2, 0.25) is 0 Å². The summed E-state index contributed by atoms with van der Waals surface area (Å²) < 4.78 is 29.0. The van der Waals surface area contributed by atoms with Gasteiger partial charge in [-0.25, -0.2) is 0 Å². The number of aromatic amines is 1.